The number of hydrogen-bond acceptors (Lipinski definition) is 5. The highest BCUT2D eigenvalue weighted by Gasteiger charge is 2.31. The van der Waals surface area contributed by atoms with Crippen LogP contribution in [0.15, 0.2) is 18.2 Å². The number of β-amino-alcohol motifs (C(OH)–C–C–N with tert-alkyl or cyclic N) is 1. The number of fused-ring (bicyclic) bond motifs is 1. The zero-order valence-electron chi connectivity index (χ0n) is 12.0. The van der Waals surface area contributed by atoms with E-state index in [1.54, 1.807) is 4.90 Å². The second-order valence-corrected chi connectivity index (χ2v) is 5.39. The van der Waals surface area contributed by atoms with Crippen LogP contribution in [-0.2, 0) is 11.3 Å². The predicted octanol–water partition coefficient (Wildman–Crippen LogP) is 0.487. The first-order valence-corrected chi connectivity index (χ1v) is 7.26. The van der Waals surface area contributed by atoms with Gasteiger partial charge in [0.05, 0.1) is 12.1 Å². The van der Waals surface area contributed by atoms with Crippen molar-refractivity contribution >= 4 is 5.91 Å². The van der Waals surface area contributed by atoms with Crippen molar-refractivity contribution in [2.24, 2.45) is 0 Å². The molecule has 114 valence electrons. The second-order valence-electron chi connectivity index (χ2n) is 5.39. The van der Waals surface area contributed by atoms with Gasteiger partial charge in [-0.2, -0.15) is 0 Å². The van der Waals surface area contributed by atoms with Gasteiger partial charge in [-0.05, 0) is 31.0 Å². The number of aliphatic hydroxyl groups is 1. The number of hydrogen-bond donors (Lipinski definition) is 2. The Balaban J connectivity index is 1.68. The highest BCUT2D eigenvalue weighted by Crippen LogP contribution is 2.32. The second kappa shape index (κ2) is 5.91. The summed E-state index contributed by atoms with van der Waals surface area (Å²) in [6, 6.07) is 5.44. The third-order valence-electron chi connectivity index (χ3n) is 3.91. The number of aliphatic hydroxyl groups excluding tert-OH is 1. The Labute approximate surface area is 123 Å². The number of nitrogens with one attached hydrogen (secondary N) is 1. The predicted molar refractivity (Wildman–Crippen MR) is 76.1 cm³/mol. The fourth-order valence-corrected chi connectivity index (χ4v) is 2.73. The summed E-state index contributed by atoms with van der Waals surface area (Å²) in [6.45, 7) is 3.84. The molecule has 0 unspecified atom stereocenters. The van der Waals surface area contributed by atoms with E-state index >= 15 is 0 Å². The summed E-state index contributed by atoms with van der Waals surface area (Å²) in [7, 11) is 0. The summed E-state index contributed by atoms with van der Waals surface area (Å²) >= 11 is 0. The number of carbonyl (C=O) groups is 1. The van der Waals surface area contributed by atoms with Crippen molar-refractivity contribution < 1.29 is 19.4 Å². The van der Waals surface area contributed by atoms with Crippen LogP contribution in [0.1, 0.15) is 18.9 Å². The standard InChI is InChI=1S/C15H20N2O4/c1-2-17(15(19)12-6-11(18)7-16-12)8-10-3-4-13-14(5-10)21-9-20-13/h3-5,11-12,16,18H,2,6-9H2,1H3/t11-,12+/m0/s1. The topological polar surface area (TPSA) is 71.0 Å². The molecule has 1 amide bonds. The van der Waals surface area contributed by atoms with E-state index in [1.165, 1.54) is 0 Å². The first-order valence-electron chi connectivity index (χ1n) is 7.26. The van der Waals surface area contributed by atoms with E-state index in [0.29, 0.717) is 26.1 Å². The van der Waals surface area contributed by atoms with Crippen molar-refractivity contribution in [1.82, 2.24) is 10.2 Å². The number of rotatable bonds is 4. The van der Waals surface area contributed by atoms with Crippen LogP contribution in [0.3, 0.4) is 0 Å². The first-order chi connectivity index (χ1) is 10.2. The van der Waals surface area contributed by atoms with E-state index in [2.05, 4.69) is 5.32 Å². The summed E-state index contributed by atoms with van der Waals surface area (Å²) in [5.41, 5.74) is 1.01. The SMILES string of the molecule is CCN(Cc1ccc2c(c1)OCO2)C(=O)[C@H]1C[C@H](O)CN1. The molecule has 1 aromatic rings. The molecule has 1 fully saturated rings. The minimum absolute atomic E-state index is 0.0340. The van der Waals surface area contributed by atoms with E-state index in [4.69, 9.17) is 9.47 Å². The van der Waals surface area contributed by atoms with Crippen LogP contribution in [0.2, 0.25) is 0 Å². The summed E-state index contributed by atoms with van der Waals surface area (Å²) < 4.78 is 10.6. The lowest BCUT2D eigenvalue weighted by molar-refractivity contribution is -0.133. The Kier molecular flexibility index (Phi) is 3.98. The van der Waals surface area contributed by atoms with Crippen molar-refractivity contribution in [3.8, 4) is 11.5 Å². The number of likely N-dealkylation sites (N-methyl/N-ethyl adjacent to an activating group) is 1. The van der Waals surface area contributed by atoms with E-state index in [1.807, 2.05) is 25.1 Å². The molecule has 6 nitrogen and oxygen atoms in total. The van der Waals surface area contributed by atoms with E-state index < -0.39 is 6.10 Å². The van der Waals surface area contributed by atoms with Gasteiger partial charge in [-0.3, -0.25) is 4.79 Å². The molecule has 0 aromatic heterocycles. The van der Waals surface area contributed by atoms with Gasteiger partial charge in [-0.1, -0.05) is 6.07 Å². The zero-order valence-corrected chi connectivity index (χ0v) is 12.0. The normalized spacial score (nSPS) is 23.3. The maximum atomic E-state index is 12.5. The fourth-order valence-electron chi connectivity index (χ4n) is 2.73. The Morgan fingerprint density at radius 3 is 2.95 bits per heavy atom. The van der Waals surface area contributed by atoms with Crippen LogP contribution < -0.4 is 14.8 Å². The molecule has 0 saturated carbocycles. The lowest BCUT2D eigenvalue weighted by Gasteiger charge is -2.24. The van der Waals surface area contributed by atoms with Crippen LogP contribution in [0.4, 0.5) is 0 Å². The highest BCUT2D eigenvalue weighted by atomic mass is 16.7. The molecular formula is C15H20N2O4. The van der Waals surface area contributed by atoms with Crippen molar-refractivity contribution in [1.29, 1.82) is 0 Å². The van der Waals surface area contributed by atoms with E-state index in [-0.39, 0.29) is 18.7 Å². The van der Waals surface area contributed by atoms with E-state index in [0.717, 1.165) is 17.1 Å². The molecule has 21 heavy (non-hydrogen) atoms. The Hall–Kier alpha value is -1.79. The Bertz CT molecular complexity index is 534. The van der Waals surface area contributed by atoms with E-state index in [9.17, 15) is 9.90 Å². The summed E-state index contributed by atoms with van der Waals surface area (Å²) in [5, 5.41) is 12.6. The number of nitrogens with zero attached hydrogens (tertiary/aromatic N) is 1. The monoisotopic (exact) mass is 292 g/mol. The first kappa shape index (κ1) is 14.2. The molecule has 2 atom stereocenters. The number of benzene rings is 1. The maximum Gasteiger partial charge on any atom is 0.240 e. The molecule has 3 rings (SSSR count). The van der Waals surface area contributed by atoms with Gasteiger partial charge < -0.3 is 24.8 Å². The molecule has 1 saturated heterocycles. The fraction of sp³-hybridized carbons (Fsp3) is 0.533. The molecule has 2 aliphatic heterocycles. The van der Waals surface area contributed by atoms with Crippen LogP contribution in [-0.4, -0.2) is 47.9 Å². The molecule has 1 aromatic carbocycles. The van der Waals surface area contributed by atoms with Crippen molar-refractivity contribution in [3.63, 3.8) is 0 Å². The molecule has 6 heteroatoms. The molecule has 0 spiro atoms. The molecule has 0 bridgehead atoms. The van der Waals surface area contributed by atoms with Crippen LogP contribution >= 0.6 is 0 Å². The zero-order chi connectivity index (χ0) is 14.8. The highest BCUT2D eigenvalue weighted by molar-refractivity contribution is 5.82. The van der Waals surface area contributed by atoms with Crippen LogP contribution in [0, 0.1) is 0 Å². The van der Waals surface area contributed by atoms with Gasteiger partial charge in [0.1, 0.15) is 0 Å². The van der Waals surface area contributed by atoms with Crippen molar-refractivity contribution in [2.45, 2.75) is 32.0 Å². The molecule has 2 heterocycles. The Morgan fingerprint density at radius 2 is 2.24 bits per heavy atom. The summed E-state index contributed by atoms with van der Waals surface area (Å²) in [6.07, 6.45) is 0.0550. The maximum absolute atomic E-state index is 12.5. The molecule has 2 aliphatic rings. The summed E-state index contributed by atoms with van der Waals surface area (Å²) in [4.78, 5) is 14.2. The average Bonchev–Trinajstić information content (AvgIpc) is 3.12. The Morgan fingerprint density at radius 1 is 1.43 bits per heavy atom. The van der Waals surface area contributed by atoms with Crippen LogP contribution in [0.5, 0.6) is 11.5 Å². The minimum atomic E-state index is -0.428. The molecule has 0 radical (unpaired) electrons. The van der Waals surface area contributed by atoms with Gasteiger partial charge in [-0.15, -0.1) is 0 Å². The quantitative estimate of drug-likeness (QED) is 0.845. The average molecular weight is 292 g/mol. The molecule has 2 N–H and O–H groups in total. The third kappa shape index (κ3) is 2.96. The molecular weight excluding hydrogens is 272 g/mol. The van der Waals surface area contributed by atoms with Gasteiger partial charge in [-0.25, -0.2) is 0 Å². The van der Waals surface area contributed by atoms with Gasteiger partial charge >= 0.3 is 0 Å². The van der Waals surface area contributed by atoms with Crippen LogP contribution in [0.25, 0.3) is 0 Å². The number of carbonyl (C=O) groups excluding carboxylic acids is 1. The molecule has 0 aliphatic carbocycles. The van der Waals surface area contributed by atoms with Crippen molar-refractivity contribution in [3.05, 3.63) is 23.8 Å². The minimum Gasteiger partial charge on any atom is -0.454 e. The van der Waals surface area contributed by atoms with Gasteiger partial charge in [0.2, 0.25) is 12.7 Å². The van der Waals surface area contributed by atoms with Crippen molar-refractivity contribution in [2.75, 3.05) is 19.9 Å². The smallest absolute Gasteiger partial charge is 0.240 e. The third-order valence-corrected chi connectivity index (χ3v) is 3.91. The lowest BCUT2D eigenvalue weighted by Crippen LogP contribution is -2.43. The summed E-state index contributed by atoms with van der Waals surface area (Å²) in [5.74, 6) is 1.51. The lowest BCUT2D eigenvalue weighted by atomic mass is 10.1. The largest absolute Gasteiger partial charge is 0.454 e. The number of amides is 1. The van der Waals surface area contributed by atoms with Gasteiger partial charge in [0, 0.05) is 19.6 Å². The van der Waals surface area contributed by atoms with Gasteiger partial charge in [0.15, 0.2) is 11.5 Å². The van der Waals surface area contributed by atoms with Gasteiger partial charge in [0.25, 0.3) is 0 Å². The number of ether oxygens (including phenoxy) is 2.